The summed E-state index contributed by atoms with van der Waals surface area (Å²) in [5.41, 5.74) is 2.24. The zero-order valence-corrected chi connectivity index (χ0v) is 10.9. The van der Waals surface area contributed by atoms with E-state index in [9.17, 15) is 5.11 Å². The van der Waals surface area contributed by atoms with Gasteiger partial charge in [-0.25, -0.2) is 0 Å². The number of hydrogen-bond acceptors (Lipinski definition) is 2. The van der Waals surface area contributed by atoms with Gasteiger partial charge >= 0.3 is 0 Å². The zero-order chi connectivity index (χ0) is 12.1. The van der Waals surface area contributed by atoms with Crippen molar-refractivity contribution in [3.8, 4) is 0 Å². The minimum Gasteiger partial charge on any atom is -0.392 e. The molecule has 0 saturated carbocycles. The number of aliphatic hydroxyl groups is 1. The number of hydrogen-bond donors (Lipinski definition) is 1. The molecule has 3 nitrogen and oxygen atoms in total. The van der Waals surface area contributed by atoms with Crippen molar-refractivity contribution in [3.63, 3.8) is 0 Å². The van der Waals surface area contributed by atoms with Crippen molar-refractivity contribution in [2.75, 3.05) is 0 Å². The molecular formula is C13H24N2O. The highest BCUT2D eigenvalue weighted by atomic mass is 16.3. The van der Waals surface area contributed by atoms with Gasteiger partial charge in [0, 0.05) is 19.2 Å². The third kappa shape index (κ3) is 3.08. The van der Waals surface area contributed by atoms with Gasteiger partial charge in [-0.05, 0) is 18.4 Å². The minimum absolute atomic E-state index is 0.241. The summed E-state index contributed by atoms with van der Waals surface area (Å²) in [4.78, 5) is 0. The van der Waals surface area contributed by atoms with Crippen LogP contribution in [0, 0.1) is 5.92 Å². The summed E-state index contributed by atoms with van der Waals surface area (Å²) in [6, 6.07) is 2.10. The lowest BCUT2D eigenvalue weighted by molar-refractivity contribution is 0.101. The quantitative estimate of drug-likeness (QED) is 0.805. The largest absolute Gasteiger partial charge is 0.392 e. The highest BCUT2D eigenvalue weighted by molar-refractivity contribution is 5.11. The van der Waals surface area contributed by atoms with E-state index in [4.69, 9.17) is 0 Å². The second-order valence-electron chi connectivity index (χ2n) is 4.45. The first-order chi connectivity index (χ1) is 7.62. The average molecular weight is 224 g/mol. The molecule has 1 unspecified atom stereocenters. The molecular weight excluding hydrogens is 200 g/mol. The zero-order valence-electron chi connectivity index (χ0n) is 10.9. The van der Waals surface area contributed by atoms with Gasteiger partial charge in [-0.3, -0.25) is 4.68 Å². The van der Waals surface area contributed by atoms with Crippen molar-refractivity contribution in [2.45, 2.75) is 52.6 Å². The number of nitrogens with zero attached hydrogens (tertiary/aromatic N) is 2. The molecule has 16 heavy (non-hydrogen) atoms. The van der Waals surface area contributed by atoms with Crippen LogP contribution in [0.2, 0.25) is 0 Å². The van der Waals surface area contributed by atoms with Gasteiger partial charge in [0.25, 0.3) is 0 Å². The summed E-state index contributed by atoms with van der Waals surface area (Å²) in [6.45, 7) is 6.37. The van der Waals surface area contributed by atoms with E-state index < -0.39 is 0 Å². The SMILES string of the molecule is CCc1cc(CC(O)C(CC)CC)n(C)n1. The van der Waals surface area contributed by atoms with E-state index in [0.717, 1.165) is 37.1 Å². The van der Waals surface area contributed by atoms with E-state index in [0.29, 0.717) is 5.92 Å². The topological polar surface area (TPSA) is 38.0 Å². The summed E-state index contributed by atoms with van der Waals surface area (Å²) in [7, 11) is 1.95. The Morgan fingerprint density at radius 3 is 2.38 bits per heavy atom. The Morgan fingerprint density at radius 2 is 1.94 bits per heavy atom. The fourth-order valence-electron chi connectivity index (χ4n) is 2.15. The van der Waals surface area contributed by atoms with Crippen LogP contribution in [0.5, 0.6) is 0 Å². The third-order valence-electron chi connectivity index (χ3n) is 3.40. The molecule has 0 radical (unpaired) electrons. The smallest absolute Gasteiger partial charge is 0.0624 e. The van der Waals surface area contributed by atoms with E-state index in [-0.39, 0.29) is 6.10 Å². The van der Waals surface area contributed by atoms with Gasteiger partial charge < -0.3 is 5.11 Å². The van der Waals surface area contributed by atoms with Crippen LogP contribution in [0.15, 0.2) is 6.07 Å². The third-order valence-corrected chi connectivity index (χ3v) is 3.40. The molecule has 0 spiro atoms. The van der Waals surface area contributed by atoms with Crippen LogP contribution in [0.3, 0.4) is 0 Å². The maximum atomic E-state index is 10.1. The molecule has 0 fully saturated rings. The molecule has 1 atom stereocenters. The first-order valence-electron chi connectivity index (χ1n) is 6.32. The molecule has 0 aliphatic heterocycles. The van der Waals surface area contributed by atoms with Crippen molar-refractivity contribution < 1.29 is 5.11 Å². The molecule has 1 aromatic rings. The van der Waals surface area contributed by atoms with Gasteiger partial charge in [0.2, 0.25) is 0 Å². The Morgan fingerprint density at radius 1 is 1.31 bits per heavy atom. The monoisotopic (exact) mass is 224 g/mol. The molecule has 1 rings (SSSR count). The normalized spacial score (nSPS) is 13.4. The van der Waals surface area contributed by atoms with Crippen molar-refractivity contribution >= 4 is 0 Å². The van der Waals surface area contributed by atoms with Crippen LogP contribution in [0.25, 0.3) is 0 Å². The van der Waals surface area contributed by atoms with E-state index in [1.807, 2.05) is 11.7 Å². The van der Waals surface area contributed by atoms with E-state index in [2.05, 4.69) is 31.9 Å². The van der Waals surface area contributed by atoms with Crippen molar-refractivity contribution in [1.29, 1.82) is 0 Å². The molecule has 92 valence electrons. The number of aryl methyl sites for hydroxylation is 2. The van der Waals surface area contributed by atoms with Gasteiger partial charge in [0.05, 0.1) is 11.8 Å². The van der Waals surface area contributed by atoms with Crippen LogP contribution in [-0.4, -0.2) is 21.0 Å². The lowest BCUT2D eigenvalue weighted by Crippen LogP contribution is -2.22. The fourth-order valence-corrected chi connectivity index (χ4v) is 2.15. The lowest BCUT2D eigenvalue weighted by atomic mass is 9.93. The molecule has 0 saturated heterocycles. The average Bonchev–Trinajstić information content (AvgIpc) is 2.61. The summed E-state index contributed by atoms with van der Waals surface area (Å²) in [5, 5.41) is 14.5. The molecule has 0 aliphatic rings. The minimum atomic E-state index is -0.241. The number of aromatic nitrogens is 2. The predicted octanol–water partition coefficient (Wildman–Crippen LogP) is 2.32. The molecule has 1 N–H and O–H groups in total. The Kier molecular flexibility index (Phi) is 5.00. The number of rotatable bonds is 6. The second-order valence-corrected chi connectivity index (χ2v) is 4.45. The molecule has 3 heteroatoms. The van der Waals surface area contributed by atoms with Gasteiger partial charge in [-0.1, -0.05) is 33.6 Å². The lowest BCUT2D eigenvalue weighted by Gasteiger charge is -2.19. The van der Waals surface area contributed by atoms with Gasteiger partial charge in [-0.15, -0.1) is 0 Å². The summed E-state index contributed by atoms with van der Waals surface area (Å²) >= 11 is 0. The molecule has 0 aromatic carbocycles. The summed E-state index contributed by atoms with van der Waals surface area (Å²) in [6.07, 6.45) is 3.51. The van der Waals surface area contributed by atoms with Gasteiger partial charge in [0.15, 0.2) is 0 Å². The molecule has 0 aliphatic carbocycles. The maximum absolute atomic E-state index is 10.1. The van der Waals surface area contributed by atoms with Crippen LogP contribution in [0.4, 0.5) is 0 Å². The molecule has 0 amide bonds. The van der Waals surface area contributed by atoms with Crippen molar-refractivity contribution in [1.82, 2.24) is 9.78 Å². The standard InChI is InChI=1S/C13H24N2O/c1-5-10(6-2)13(16)9-12-8-11(7-3)14-15(12)4/h8,10,13,16H,5-7,9H2,1-4H3. The molecule has 1 heterocycles. The second kappa shape index (κ2) is 6.04. The first kappa shape index (κ1) is 13.2. The Balaban J connectivity index is 2.68. The van der Waals surface area contributed by atoms with E-state index in [1.54, 1.807) is 0 Å². The van der Waals surface area contributed by atoms with Crippen molar-refractivity contribution in [3.05, 3.63) is 17.5 Å². The van der Waals surface area contributed by atoms with Crippen LogP contribution >= 0.6 is 0 Å². The first-order valence-corrected chi connectivity index (χ1v) is 6.32. The van der Waals surface area contributed by atoms with E-state index in [1.165, 1.54) is 0 Å². The Labute approximate surface area is 98.5 Å². The highest BCUT2D eigenvalue weighted by Gasteiger charge is 2.17. The Hall–Kier alpha value is -0.830. The highest BCUT2D eigenvalue weighted by Crippen LogP contribution is 2.17. The van der Waals surface area contributed by atoms with Crippen LogP contribution in [-0.2, 0) is 19.9 Å². The fraction of sp³-hybridized carbons (Fsp3) is 0.769. The van der Waals surface area contributed by atoms with Crippen molar-refractivity contribution in [2.24, 2.45) is 13.0 Å². The maximum Gasteiger partial charge on any atom is 0.0624 e. The van der Waals surface area contributed by atoms with Crippen LogP contribution < -0.4 is 0 Å². The van der Waals surface area contributed by atoms with E-state index >= 15 is 0 Å². The molecule has 1 aromatic heterocycles. The van der Waals surface area contributed by atoms with Gasteiger partial charge in [0.1, 0.15) is 0 Å². The summed E-state index contributed by atoms with van der Waals surface area (Å²) < 4.78 is 1.89. The Bertz CT molecular complexity index is 316. The van der Waals surface area contributed by atoms with Crippen LogP contribution in [0.1, 0.15) is 45.0 Å². The van der Waals surface area contributed by atoms with Gasteiger partial charge in [-0.2, -0.15) is 5.10 Å². The predicted molar refractivity (Wildman–Crippen MR) is 66.4 cm³/mol. The summed E-state index contributed by atoms with van der Waals surface area (Å²) in [5.74, 6) is 0.403. The number of aliphatic hydroxyl groups excluding tert-OH is 1. The molecule has 0 bridgehead atoms.